The molecule has 0 aliphatic carbocycles. The lowest BCUT2D eigenvalue weighted by atomic mass is 10.1. The molecule has 0 N–H and O–H groups in total. The van der Waals surface area contributed by atoms with E-state index in [2.05, 4.69) is 11.3 Å². The van der Waals surface area contributed by atoms with Crippen molar-refractivity contribution in [3.63, 3.8) is 0 Å². The normalized spacial score (nSPS) is 16.0. The zero-order chi connectivity index (χ0) is 21.4. The van der Waals surface area contributed by atoms with Crippen LogP contribution in [0.1, 0.15) is 72.1 Å². The largest absolute Gasteiger partial charge is 0.457 e. The van der Waals surface area contributed by atoms with Crippen LogP contribution >= 0.6 is 0 Å². The molecular formula is C17H31F7O2Si. The molecular weight excluding hydrogens is 397 g/mol. The fourth-order valence-corrected chi connectivity index (χ4v) is 5.77. The van der Waals surface area contributed by atoms with E-state index in [4.69, 9.17) is 4.43 Å². The first kappa shape index (κ1) is 26.6. The standard InChI is InChI=1S/C17H31F7O2Si/c1-5-6-7-8-9-10-11-12-13-27(4,25-14(2)3)26-15(18,16(19,20)21)17(22,23)24/h14H,5-13H2,1-4H3. The summed E-state index contributed by atoms with van der Waals surface area (Å²) in [6, 6.07) is -0.141. The van der Waals surface area contributed by atoms with Gasteiger partial charge in [0.05, 0.1) is 0 Å². The Morgan fingerprint density at radius 3 is 1.52 bits per heavy atom. The van der Waals surface area contributed by atoms with E-state index in [0.717, 1.165) is 45.1 Å². The van der Waals surface area contributed by atoms with Gasteiger partial charge in [0.15, 0.2) is 0 Å². The molecule has 0 radical (unpaired) electrons. The van der Waals surface area contributed by atoms with Gasteiger partial charge in [-0.1, -0.05) is 58.3 Å². The molecule has 0 aliphatic heterocycles. The second-order valence-electron chi connectivity index (χ2n) is 7.22. The smallest absolute Gasteiger partial charge is 0.392 e. The van der Waals surface area contributed by atoms with Gasteiger partial charge in [0, 0.05) is 6.10 Å². The monoisotopic (exact) mass is 428 g/mol. The highest BCUT2D eigenvalue weighted by Gasteiger charge is 2.76. The maximum atomic E-state index is 14.0. The van der Waals surface area contributed by atoms with E-state index >= 15 is 0 Å². The highest BCUT2D eigenvalue weighted by molar-refractivity contribution is 6.66. The maximum Gasteiger partial charge on any atom is 0.457 e. The third kappa shape index (κ3) is 9.12. The van der Waals surface area contributed by atoms with Gasteiger partial charge in [0.2, 0.25) is 0 Å². The minimum Gasteiger partial charge on any atom is -0.392 e. The molecule has 2 nitrogen and oxygen atoms in total. The van der Waals surface area contributed by atoms with Gasteiger partial charge in [-0.05, 0) is 26.4 Å². The van der Waals surface area contributed by atoms with Crippen LogP contribution in [0.25, 0.3) is 0 Å². The number of alkyl halides is 7. The molecule has 0 aromatic carbocycles. The van der Waals surface area contributed by atoms with E-state index in [1.165, 1.54) is 13.8 Å². The zero-order valence-corrected chi connectivity index (χ0v) is 17.4. The Bertz CT molecular complexity index is 399. The van der Waals surface area contributed by atoms with Gasteiger partial charge in [0.1, 0.15) is 0 Å². The summed E-state index contributed by atoms with van der Waals surface area (Å²) in [5, 5.41) is 0. The van der Waals surface area contributed by atoms with Crippen molar-refractivity contribution in [1.82, 2.24) is 0 Å². The predicted octanol–water partition coefficient (Wildman–Crippen LogP) is 7.43. The van der Waals surface area contributed by atoms with E-state index < -0.39 is 32.9 Å². The third-order valence-electron chi connectivity index (χ3n) is 4.06. The first-order chi connectivity index (χ1) is 12.2. The Balaban J connectivity index is 4.92. The predicted molar refractivity (Wildman–Crippen MR) is 92.3 cm³/mol. The molecule has 0 heterocycles. The lowest BCUT2D eigenvalue weighted by Gasteiger charge is -2.38. The van der Waals surface area contributed by atoms with Crippen LogP contribution in [0.5, 0.6) is 0 Å². The number of unbranched alkanes of at least 4 members (excludes halogenated alkanes) is 7. The van der Waals surface area contributed by atoms with Crippen molar-refractivity contribution >= 4 is 8.56 Å². The van der Waals surface area contributed by atoms with Gasteiger partial charge in [-0.3, -0.25) is 0 Å². The number of hydrogen-bond donors (Lipinski definition) is 0. The van der Waals surface area contributed by atoms with Crippen molar-refractivity contribution in [3.8, 4) is 0 Å². The zero-order valence-electron chi connectivity index (χ0n) is 16.4. The fraction of sp³-hybridized carbons (Fsp3) is 1.00. The van der Waals surface area contributed by atoms with Gasteiger partial charge < -0.3 is 8.85 Å². The van der Waals surface area contributed by atoms with Gasteiger partial charge in [-0.25, -0.2) is 0 Å². The van der Waals surface area contributed by atoms with Crippen molar-refractivity contribution in [1.29, 1.82) is 0 Å². The number of halogens is 7. The Morgan fingerprint density at radius 1 is 0.741 bits per heavy atom. The molecule has 164 valence electrons. The van der Waals surface area contributed by atoms with Crippen LogP contribution in [0.3, 0.4) is 0 Å². The van der Waals surface area contributed by atoms with Gasteiger partial charge in [0.25, 0.3) is 0 Å². The first-order valence-corrected chi connectivity index (χ1v) is 11.9. The summed E-state index contributed by atoms with van der Waals surface area (Å²) in [6.45, 7) is 6.07. The minimum atomic E-state index is -6.24. The summed E-state index contributed by atoms with van der Waals surface area (Å²) in [5.74, 6) is -5.73. The Hall–Kier alpha value is -0.353. The SMILES string of the molecule is CCCCCCCCCC[Si](C)(OC(C)C)OC(F)(C(F)(F)F)C(F)(F)F. The van der Waals surface area contributed by atoms with Crippen LogP contribution in [-0.2, 0) is 8.85 Å². The molecule has 0 spiro atoms. The third-order valence-corrected chi connectivity index (χ3v) is 7.00. The van der Waals surface area contributed by atoms with Crippen LogP contribution < -0.4 is 0 Å². The highest BCUT2D eigenvalue weighted by atomic mass is 28.4. The summed E-state index contributed by atoms with van der Waals surface area (Å²) in [6.07, 6.45) is -6.06. The topological polar surface area (TPSA) is 18.5 Å². The Kier molecular flexibility index (Phi) is 10.8. The molecule has 0 saturated carbocycles. The molecule has 0 bridgehead atoms. The average molecular weight is 429 g/mol. The number of rotatable bonds is 13. The van der Waals surface area contributed by atoms with E-state index in [1.54, 1.807) is 0 Å². The van der Waals surface area contributed by atoms with Crippen LogP contribution in [-0.4, -0.2) is 32.9 Å². The van der Waals surface area contributed by atoms with E-state index in [9.17, 15) is 30.7 Å². The quantitative estimate of drug-likeness (QED) is 0.172. The van der Waals surface area contributed by atoms with Crippen molar-refractivity contribution in [3.05, 3.63) is 0 Å². The molecule has 1 atom stereocenters. The molecule has 0 rings (SSSR count). The summed E-state index contributed by atoms with van der Waals surface area (Å²) in [7, 11) is -4.06. The van der Waals surface area contributed by atoms with Crippen LogP contribution in [0, 0.1) is 0 Å². The molecule has 0 aromatic rings. The molecule has 0 amide bonds. The summed E-state index contributed by atoms with van der Waals surface area (Å²) >= 11 is 0. The first-order valence-electron chi connectivity index (χ1n) is 9.39. The van der Waals surface area contributed by atoms with Gasteiger partial charge in [-0.15, -0.1) is 0 Å². The molecule has 0 aromatic heterocycles. The Morgan fingerprint density at radius 2 is 1.15 bits per heavy atom. The maximum absolute atomic E-state index is 14.0. The van der Waals surface area contributed by atoms with E-state index in [0.29, 0.717) is 12.8 Å². The van der Waals surface area contributed by atoms with Crippen molar-refractivity contribution in [2.24, 2.45) is 0 Å². The van der Waals surface area contributed by atoms with E-state index in [-0.39, 0.29) is 6.04 Å². The highest BCUT2D eigenvalue weighted by Crippen LogP contribution is 2.49. The fourth-order valence-electron chi connectivity index (χ4n) is 2.79. The molecule has 0 fully saturated rings. The van der Waals surface area contributed by atoms with Crippen LogP contribution in [0.15, 0.2) is 0 Å². The number of hydrogen-bond acceptors (Lipinski definition) is 2. The Labute approximate surface area is 158 Å². The molecule has 27 heavy (non-hydrogen) atoms. The van der Waals surface area contributed by atoms with Gasteiger partial charge in [-0.2, -0.15) is 30.7 Å². The second kappa shape index (κ2) is 11.0. The van der Waals surface area contributed by atoms with Gasteiger partial charge >= 0.3 is 26.8 Å². The van der Waals surface area contributed by atoms with Crippen molar-refractivity contribution in [2.45, 2.75) is 109 Å². The van der Waals surface area contributed by atoms with Crippen molar-refractivity contribution in [2.75, 3.05) is 0 Å². The second-order valence-corrected chi connectivity index (χ2v) is 10.4. The van der Waals surface area contributed by atoms with E-state index in [1.807, 2.05) is 0 Å². The molecule has 10 heteroatoms. The molecule has 0 saturated heterocycles. The van der Waals surface area contributed by atoms with Crippen LogP contribution in [0.4, 0.5) is 30.7 Å². The summed E-state index contributed by atoms with van der Waals surface area (Å²) in [4.78, 5) is 0. The summed E-state index contributed by atoms with van der Waals surface area (Å²) in [5.41, 5.74) is 0. The lowest BCUT2D eigenvalue weighted by Crippen LogP contribution is -2.61. The van der Waals surface area contributed by atoms with Crippen molar-refractivity contribution < 1.29 is 39.6 Å². The minimum absolute atomic E-state index is 0.141. The molecule has 1 unspecified atom stereocenters. The molecule has 0 aliphatic rings. The summed E-state index contributed by atoms with van der Waals surface area (Å²) < 4.78 is 100. The lowest BCUT2D eigenvalue weighted by molar-refractivity contribution is -0.412. The average Bonchev–Trinajstić information content (AvgIpc) is 2.46. The van der Waals surface area contributed by atoms with Crippen LogP contribution in [0.2, 0.25) is 12.6 Å².